The maximum atomic E-state index is 12.5. The molecule has 1 N–H and O–H groups in total. The van der Waals surface area contributed by atoms with Crippen LogP contribution in [-0.4, -0.2) is 35.4 Å². The fourth-order valence-electron chi connectivity index (χ4n) is 4.30. The van der Waals surface area contributed by atoms with Crippen molar-refractivity contribution in [1.29, 1.82) is 0 Å². The van der Waals surface area contributed by atoms with Gasteiger partial charge in [0.1, 0.15) is 6.10 Å². The number of nitrogens with one attached hydrogen (secondary N) is 1. The number of rotatable bonds is 4. The van der Waals surface area contributed by atoms with Crippen molar-refractivity contribution in [1.82, 2.24) is 0 Å². The van der Waals surface area contributed by atoms with Crippen molar-refractivity contribution in [2.24, 2.45) is 23.7 Å². The largest absolute Gasteiger partial charge is 0.461 e. The first-order valence-electron chi connectivity index (χ1n) is 8.13. The minimum Gasteiger partial charge on any atom is -0.461 e. The Kier molecular flexibility index (Phi) is 4.77. The van der Waals surface area contributed by atoms with E-state index in [4.69, 9.17) is 21.1 Å². The average molecular weight is 508 g/mol. The van der Waals surface area contributed by atoms with Gasteiger partial charge in [-0.05, 0) is 30.5 Å². The molecule has 138 valence electrons. The highest BCUT2D eigenvalue weighted by atomic mass is 79.9. The molecule has 1 heterocycles. The summed E-state index contributed by atoms with van der Waals surface area (Å²) >= 11 is 12.9. The van der Waals surface area contributed by atoms with Crippen molar-refractivity contribution < 1.29 is 23.9 Å². The summed E-state index contributed by atoms with van der Waals surface area (Å²) in [5.74, 6) is -2.30. The molecule has 6 nitrogen and oxygen atoms in total. The lowest BCUT2D eigenvalue weighted by Crippen LogP contribution is -2.39. The number of carbonyl (C=O) groups is 3. The molecule has 1 aliphatic heterocycles. The van der Waals surface area contributed by atoms with Gasteiger partial charge in [-0.15, -0.1) is 0 Å². The molecule has 1 amide bonds. The highest BCUT2D eigenvalue weighted by Gasteiger charge is 2.68. The Balaban J connectivity index is 1.37. The molecular formula is C17H14Br2ClNO5. The van der Waals surface area contributed by atoms with E-state index < -0.39 is 30.3 Å². The van der Waals surface area contributed by atoms with Gasteiger partial charge in [0.2, 0.25) is 0 Å². The molecule has 0 spiro atoms. The van der Waals surface area contributed by atoms with Gasteiger partial charge in [-0.25, -0.2) is 0 Å². The first-order chi connectivity index (χ1) is 12.4. The van der Waals surface area contributed by atoms with Crippen molar-refractivity contribution in [3.63, 3.8) is 0 Å². The first kappa shape index (κ1) is 18.3. The molecule has 1 aromatic carbocycles. The standard InChI is InChI=1S/C17H14Br2ClNO5/c18-6-1-2-10(9(20)3-6)21-11(22)5-25-16(23)12-7-4-8-13(12)17(24)26-15(8)14(7)19/h1-3,7-8,12-15H,4-5H2,(H,21,22)/t7-,8-,12-,13-,14-,15+/m1/s1. The van der Waals surface area contributed by atoms with Gasteiger partial charge in [-0.1, -0.05) is 43.5 Å². The molecule has 0 aromatic heterocycles. The molecule has 3 fully saturated rings. The molecule has 1 saturated heterocycles. The number of esters is 2. The third kappa shape index (κ3) is 2.96. The van der Waals surface area contributed by atoms with E-state index in [1.54, 1.807) is 18.2 Å². The van der Waals surface area contributed by atoms with Crippen molar-refractivity contribution >= 4 is 67.0 Å². The van der Waals surface area contributed by atoms with Crippen LogP contribution < -0.4 is 5.32 Å². The number of amides is 1. The molecule has 0 unspecified atom stereocenters. The van der Waals surface area contributed by atoms with Gasteiger partial charge in [0.15, 0.2) is 6.61 Å². The predicted molar refractivity (Wildman–Crippen MR) is 99.9 cm³/mol. The molecule has 9 heteroatoms. The second kappa shape index (κ2) is 6.80. The fourth-order valence-corrected chi connectivity index (χ4v) is 6.07. The van der Waals surface area contributed by atoms with Crippen molar-refractivity contribution in [3.8, 4) is 0 Å². The Morgan fingerprint density at radius 2 is 2.12 bits per heavy atom. The lowest BCUT2D eigenvalue weighted by atomic mass is 9.80. The summed E-state index contributed by atoms with van der Waals surface area (Å²) in [6, 6.07) is 5.03. The highest BCUT2D eigenvalue weighted by Crippen LogP contribution is 2.60. The summed E-state index contributed by atoms with van der Waals surface area (Å²) in [4.78, 5) is 36.6. The third-order valence-electron chi connectivity index (χ3n) is 5.35. The lowest BCUT2D eigenvalue weighted by Gasteiger charge is -2.26. The van der Waals surface area contributed by atoms with E-state index in [0.717, 1.165) is 10.9 Å². The highest BCUT2D eigenvalue weighted by molar-refractivity contribution is 9.10. The zero-order valence-electron chi connectivity index (χ0n) is 13.3. The van der Waals surface area contributed by atoms with Crippen LogP contribution in [0.4, 0.5) is 5.69 Å². The number of alkyl halides is 1. The molecule has 2 aliphatic carbocycles. The molecule has 0 radical (unpaired) electrons. The minimum absolute atomic E-state index is 0.00192. The van der Waals surface area contributed by atoms with Gasteiger partial charge in [-0.2, -0.15) is 0 Å². The van der Waals surface area contributed by atoms with Crippen molar-refractivity contribution in [2.75, 3.05) is 11.9 Å². The maximum absolute atomic E-state index is 12.5. The van der Waals surface area contributed by atoms with Crippen LogP contribution in [0.3, 0.4) is 0 Å². The summed E-state index contributed by atoms with van der Waals surface area (Å²) in [5.41, 5.74) is 0.429. The average Bonchev–Trinajstić information content (AvgIpc) is 3.19. The molecule has 1 aromatic rings. The number of benzene rings is 1. The Hall–Kier alpha value is -1.12. The van der Waals surface area contributed by atoms with E-state index in [0.29, 0.717) is 10.7 Å². The Bertz CT molecular complexity index is 803. The summed E-state index contributed by atoms with van der Waals surface area (Å²) in [5, 5.41) is 2.97. The molecule has 2 bridgehead atoms. The molecule has 6 atom stereocenters. The summed E-state index contributed by atoms with van der Waals surface area (Å²) < 4.78 is 11.3. The summed E-state index contributed by atoms with van der Waals surface area (Å²) in [7, 11) is 0. The van der Waals surface area contributed by atoms with Crippen LogP contribution in [-0.2, 0) is 23.9 Å². The predicted octanol–water partition coefficient (Wildman–Crippen LogP) is 3.16. The van der Waals surface area contributed by atoms with Crippen molar-refractivity contribution in [3.05, 3.63) is 27.7 Å². The number of hydrogen-bond acceptors (Lipinski definition) is 5. The number of anilines is 1. The lowest BCUT2D eigenvalue weighted by molar-refractivity contribution is -0.157. The number of hydrogen-bond donors (Lipinski definition) is 1. The van der Waals surface area contributed by atoms with Crippen LogP contribution >= 0.6 is 43.5 Å². The Labute approximate surface area is 171 Å². The van der Waals surface area contributed by atoms with E-state index in [1.807, 2.05) is 0 Å². The maximum Gasteiger partial charge on any atom is 0.310 e. The van der Waals surface area contributed by atoms with E-state index in [-0.39, 0.29) is 28.7 Å². The molecule has 3 aliphatic rings. The second-order valence-corrected chi connectivity index (χ2v) is 9.12. The monoisotopic (exact) mass is 505 g/mol. The molecule has 2 saturated carbocycles. The quantitative estimate of drug-likeness (QED) is 0.500. The summed E-state index contributed by atoms with van der Waals surface area (Å²) in [6.07, 6.45) is 0.613. The second-order valence-electron chi connectivity index (χ2n) is 6.74. The van der Waals surface area contributed by atoms with E-state index in [9.17, 15) is 14.4 Å². The first-order valence-corrected chi connectivity index (χ1v) is 10.2. The number of fused-ring (bicyclic) bond motifs is 1. The van der Waals surface area contributed by atoms with E-state index >= 15 is 0 Å². The number of halogens is 3. The zero-order valence-corrected chi connectivity index (χ0v) is 17.2. The van der Waals surface area contributed by atoms with E-state index in [1.165, 1.54) is 0 Å². The van der Waals surface area contributed by atoms with Gasteiger partial charge in [0.25, 0.3) is 5.91 Å². The van der Waals surface area contributed by atoms with Gasteiger partial charge in [0.05, 0.1) is 27.4 Å². The van der Waals surface area contributed by atoms with Crippen LogP contribution in [0.2, 0.25) is 5.02 Å². The van der Waals surface area contributed by atoms with E-state index in [2.05, 4.69) is 37.2 Å². The smallest absolute Gasteiger partial charge is 0.310 e. The topological polar surface area (TPSA) is 81.7 Å². The number of ether oxygens (including phenoxy) is 2. The van der Waals surface area contributed by atoms with Crippen LogP contribution in [0.15, 0.2) is 22.7 Å². The number of carbonyl (C=O) groups excluding carboxylic acids is 3. The van der Waals surface area contributed by atoms with Gasteiger partial charge < -0.3 is 14.8 Å². The van der Waals surface area contributed by atoms with Gasteiger partial charge in [-0.3, -0.25) is 14.4 Å². The fraction of sp³-hybridized carbons (Fsp3) is 0.471. The van der Waals surface area contributed by atoms with Crippen molar-refractivity contribution in [2.45, 2.75) is 17.4 Å². The Morgan fingerprint density at radius 1 is 1.35 bits per heavy atom. The van der Waals surface area contributed by atoms with Gasteiger partial charge >= 0.3 is 11.9 Å². The molecule has 4 rings (SSSR count). The normalized spacial score (nSPS) is 33.9. The zero-order chi connectivity index (χ0) is 18.6. The van der Waals surface area contributed by atoms with Crippen LogP contribution in [0, 0.1) is 23.7 Å². The third-order valence-corrected chi connectivity index (χ3v) is 7.35. The van der Waals surface area contributed by atoms with Crippen LogP contribution in [0.1, 0.15) is 6.42 Å². The van der Waals surface area contributed by atoms with Crippen LogP contribution in [0.25, 0.3) is 0 Å². The molecule has 26 heavy (non-hydrogen) atoms. The molecular weight excluding hydrogens is 493 g/mol. The van der Waals surface area contributed by atoms with Crippen LogP contribution in [0.5, 0.6) is 0 Å². The SMILES string of the molecule is O=C(COC(=O)[C@@H]1[C@H]2C[C@H]3[C@H](OC(=O)[C@H]31)[C@@H]2Br)Nc1ccc(Br)cc1Cl. The minimum atomic E-state index is -0.556. The Morgan fingerprint density at radius 3 is 2.85 bits per heavy atom. The summed E-state index contributed by atoms with van der Waals surface area (Å²) in [6.45, 7) is -0.433. The van der Waals surface area contributed by atoms with Gasteiger partial charge in [0, 0.05) is 10.4 Å².